The predicted molar refractivity (Wildman–Crippen MR) is 68.5 cm³/mol. The summed E-state index contributed by atoms with van der Waals surface area (Å²) in [6.45, 7) is 9.52. The molecule has 0 spiro atoms. The molecule has 1 N–H and O–H groups in total. The van der Waals surface area contributed by atoms with Crippen molar-refractivity contribution in [3.8, 4) is 0 Å². The average molecular weight is 242 g/mol. The normalized spacial score (nSPS) is 19.9. The van der Waals surface area contributed by atoms with Gasteiger partial charge in [0, 0.05) is 13.1 Å². The Bertz CT molecular complexity index is 240. The van der Waals surface area contributed by atoms with E-state index in [-0.39, 0.29) is 17.6 Å². The number of hydroxylamine groups is 1. The number of nitrogens with one attached hydrogen (secondary N) is 1. The third-order valence-electron chi connectivity index (χ3n) is 2.83. The largest absolute Gasteiger partial charge is 0.341 e. The molecule has 0 saturated carbocycles. The smallest absolute Gasteiger partial charge is 0.241 e. The van der Waals surface area contributed by atoms with Gasteiger partial charge in [-0.25, -0.2) is 0 Å². The van der Waals surface area contributed by atoms with Crippen LogP contribution in [0.5, 0.6) is 0 Å². The second-order valence-electron chi connectivity index (χ2n) is 5.79. The zero-order valence-corrected chi connectivity index (χ0v) is 11.6. The van der Waals surface area contributed by atoms with Crippen LogP contribution in [0.3, 0.4) is 0 Å². The third kappa shape index (κ3) is 5.50. The first-order valence-corrected chi connectivity index (χ1v) is 6.62. The predicted octanol–water partition coefficient (Wildman–Crippen LogP) is 2.10. The number of nitrogens with zero attached hydrogens (tertiary/aromatic N) is 1. The van der Waals surface area contributed by atoms with Gasteiger partial charge in [0.15, 0.2) is 0 Å². The molecule has 1 saturated heterocycles. The van der Waals surface area contributed by atoms with Crippen molar-refractivity contribution in [3.05, 3.63) is 0 Å². The zero-order valence-electron chi connectivity index (χ0n) is 11.6. The lowest BCUT2D eigenvalue weighted by molar-refractivity contribution is -0.143. The number of carbonyl (C=O) groups is 1. The first kappa shape index (κ1) is 14.5. The molecule has 1 amide bonds. The van der Waals surface area contributed by atoms with Crippen molar-refractivity contribution >= 4 is 5.91 Å². The van der Waals surface area contributed by atoms with Gasteiger partial charge in [-0.2, -0.15) is 5.48 Å². The molecule has 0 aliphatic carbocycles. The van der Waals surface area contributed by atoms with Gasteiger partial charge in [0.25, 0.3) is 0 Å². The molecule has 17 heavy (non-hydrogen) atoms. The summed E-state index contributed by atoms with van der Waals surface area (Å²) in [4.78, 5) is 19.5. The minimum Gasteiger partial charge on any atom is -0.341 e. The second kappa shape index (κ2) is 6.36. The second-order valence-corrected chi connectivity index (χ2v) is 5.79. The fourth-order valence-corrected chi connectivity index (χ4v) is 1.88. The summed E-state index contributed by atoms with van der Waals surface area (Å²) in [6, 6.07) is -0.271. The van der Waals surface area contributed by atoms with E-state index in [0.29, 0.717) is 0 Å². The molecule has 0 aromatic carbocycles. The van der Waals surface area contributed by atoms with E-state index in [1.54, 1.807) is 0 Å². The van der Waals surface area contributed by atoms with E-state index in [1.807, 2.05) is 32.6 Å². The van der Waals surface area contributed by atoms with Gasteiger partial charge in [0.05, 0.1) is 5.60 Å². The van der Waals surface area contributed by atoms with Crippen molar-refractivity contribution in [2.75, 3.05) is 13.1 Å². The van der Waals surface area contributed by atoms with Crippen molar-refractivity contribution in [3.63, 3.8) is 0 Å². The van der Waals surface area contributed by atoms with Gasteiger partial charge in [0.1, 0.15) is 6.04 Å². The van der Waals surface area contributed by atoms with Gasteiger partial charge < -0.3 is 4.90 Å². The monoisotopic (exact) mass is 242 g/mol. The third-order valence-corrected chi connectivity index (χ3v) is 2.83. The molecule has 100 valence electrons. The molecule has 0 bridgehead atoms. The van der Waals surface area contributed by atoms with E-state index in [2.05, 4.69) is 5.48 Å². The Morgan fingerprint density at radius 3 is 2.18 bits per heavy atom. The zero-order chi connectivity index (χ0) is 12.9. The molecule has 1 aliphatic rings. The van der Waals surface area contributed by atoms with E-state index in [4.69, 9.17) is 4.84 Å². The summed E-state index contributed by atoms with van der Waals surface area (Å²) < 4.78 is 0. The molecule has 1 heterocycles. The number of hydrogen-bond donors (Lipinski definition) is 1. The van der Waals surface area contributed by atoms with Crippen LogP contribution in [-0.4, -0.2) is 35.5 Å². The minimum atomic E-state index is -0.271. The minimum absolute atomic E-state index is 0.149. The lowest BCUT2D eigenvalue weighted by atomic mass is 10.2. The molecule has 1 rings (SSSR count). The number of hydrogen-bond acceptors (Lipinski definition) is 3. The Hall–Kier alpha value is -0.610. The summed E-state index contributed by atoms with van der Waals surface area (Å²) in [5, 5.41) is 0. The highest BCUT2D eigenvalue weighted by molar-refractivity contribution is 5.81. The number of carbonyl (C=O) groups excluding carboxylic acids is 1. The van der Waals surface area contributed by atoms with E-state index in [1.165, 1.54) is 12.8 Å². The van der Waals surface area contributed by atoms with Crippen LogP contribution in [0, 0.1) is 0 Å². The molecule has 0 radical (unpaired) electrons. The molecular weight excluding hydrogens is 216 g/mol. The quantitative estimate of drug-likeness (QED) is 0.771. The van der Waals surface area contributed by atoms with Crippen LogP contribution in [0.15, 0.2) is 0 Å². The molecule has 1 unspecified atom stereocenters. The molecule has 0 aromatic rings. The Morgan fingerprint density at radius 2 is 1.71 bits per heavy atom. The Labute approximate surface area is 105 Å². The van der Waals surface area contributed by atoms with Crippen LogP contribution in [0.4, 0.5) is 0 Å². The van der Waals surface area contributed by atoms with Crippen molar-refractivity contribution in [1.82, 2.24) is 10.4 Å². The van der Waals surface area contributed by atoms with Crippen LogP contribution < -0.4 is 5.48 Å². The number of amides is 1. The van der Waals surface area contributed by atoms with Crippen molar-refractivity contribution in [1.29, 1.82) is 0 Å². The van der Waals surface area contributed by atoms with Crippen LogP contribution in [-0.2, 0) is 9.63 Å². The van der Waals surface area contributed by atoms with Crippen molar-refractivity contribution < 1.29 is 9.63 Å². The number of rotatable bonds is 3. The summed E-state index contributed by atoms with van der Waals surface area (Å²) in [6.07, 6.45) is 4.73. The Kier molecular flexibility index (Phi) is 5.40. The van der Waals surface area contributed by atoms with Gasteiger partial charge >= 0.3 is 0 Å². The van der Waals surface area contributed by atoms with E-state index < -0.39 is 0 Å². The molecule has 1 aliphatic heterocycles. The maximum absolute atomic E-state index is 12.2. The van der Waals surface area contributed by atoms with Gasteiger partial charge in [-0.15, -0.1) is 0 Å². The average Bonchev–Trinajstić information content (AvgIpc) is 2.52. The summed E-state index contributed by atoms with van der Waals surface area (Å²) in [7, 11) is 0. The Morgan fingerprint density at radius 1 is 1.18 bits per heavy atom. The fraction of sp³-hybridized carbons (Fsp3) is 0.923. The first-order valence-electron chi connectivity index (χ1n) is 6.62. The summed E-state index contributed by atoms with van der Waals surface area (Å²) in [5.41, 5.74) is 2.58. The van der Waals surface area contributed by atoms with Gasteiger partial charge in [-0.05, 0) is 40.5 Å². The maximum Gasteiger partial charge on any atom is 0.241 e. The SMILES string of the molecule is CC(NOC(C)(C)C)C(=O)N1CCCCCC1. The highest BCUT2D eigenvalue weighted by atomic mass is 16.7. The first-order chi connectivity index (χ1) is 7.90. The van der Waals surface area contributed by atoms with Crippen LogP contribution >= 0.6 is 0 Å². The van der Waals surface area contributed by atoms with E-state index >= 15 is 0 Å². The van der Waals surface area contributed by atoms with E-state index in [9.17, 15) is 4.79 Å². The molecule has 1 fully saturated rings. The molecular formula is C13H26N2O2. The standard InChI is InChI=1S/C13H26N2O2/c1-11(14-17-13(2,3)4)12(16)15-9-7-5-6-8-10-15/h11,14H,5-10H2,1-4H3. The maximum atomic E-state index is 12.2. The van der Waals surface area contributed by atoms with Crippen molar-refractivity contribution in [2.24, 2.45) is 0 Å². The Balaban J connectivity index is 2.39. The van der Waals surface area contributed by atoms with Crippen LogP contribution in [0.25, 0.3) is 0 Å². The lowest BCUT2D eigenvalue weighted by Gasteiger charge is -2.27. The topological polar surface area (TPSA) is 41.6 Å². The van der Waals surface area contributed by atoms with Gasteiger partial charge in [-0.1, -0.05) is 12.8 Å². The van der Waals surface area contributed by atoms with Gasteiger partial charge in [-0.3, -0.25) is 9.63 Å². The fourth-order valence-electron chi connectivity index (χ4n) is 1.88. The summed E-state index contributed by atoms with van der Waals surface area (Å²) in [5.74, 6) is 0.149. The van der Waals surface area contributed by atoms with Crippen LogP contribution in [0.2, 0.25) is 0 Å². The highest BCUT2D eigenvalue weighted by Crippen LogP contribution is 2.11. The lowest BCUT2D eigenvalue weighted by Crippen LogP contribution is -2.47. The molecule has 1 atom stereocenters. The van der Waals surface area contributed by atoms with Crippen LogP contribution in [0.1, 0.15) is 53.4 Å². The molecule has 4 heteroatoms. The summed E-state index contributed by atoms with van der Waals surface area (Å²) >= 11 is 0. The van der Waals surface area contributed by atoms with E-state index in [0.717, 1.165) is 25.9 Å². The molecule has 0 aromatic heterocycles. The highest BCUT2D eigenvalue weighted by Gasteiger charge is 2.23. The molecule has 4 nitrogen and oxygen atoms in total. The van der Waals surface area contributed by atoms with Crippen molar-refractivity contribution in [2.45, 2.75) is 65.0 Å². The number of likely N-dealkylation sites (tertiary alicyclic amines) is 1. The van der Waals surface area contributed by atoms with Gasteiger partial charge in [0.2, 0.25) is 5.91 Å².